The van der Waals surface area contributed by atoms with E-state index >= 15 is 0 Å². The van der Waals surface area contributed by atoms with E-state index in [1.165, 1.54) is 26.4 Å². The number of hydrogen-bond donors (Lipinski definition) is 1. The minimum atomic E-state index is -0.169. The van der Waals surface area contributed by atoms with Gasteiger partial charge in [0, 0.05) is 6.04 Å². The first-order valence-electron chi connectivity index (χ1n) is 6.81. The van der Waals surface area contributed by atoms with Crippen LogP contribution in [0.2, 0.25) is 0 Å². The molecule has 100 valence electrons. The Morgan fingerprint density at radius 3 is 2.47 bits per heavy atom. The molecule has 0 heterocycles. The first-order chi connectivity index (χ1) is 7.97. The van der Waals surface area contributed by atoms with E-state index in [0.29, 0.717) is 12.0 Å². The van der Waals surface area contributed by atoms with Crippen molar-refractivity contribution in [1.29, 1.82) is 0 Å². The predicted octanol–water partition coefficient (Wildman–Crippen LogP) is 2.60. The molecule has 1 aliphatic rings. The van der Waals surface area contributed by atoms with E-state index in [4.69, 9.17) is 4.74 Å². The number of ether oxygens (including phenoxy) is 1. The molecule has 0 aromatic heterocycles. The summed E-state index contributed by atoms with van der Waals surface area (Å²) in [6.07, 6.45) is 3.74. The number of esters is 1. The summed E-state index contributed by atoms with van der Waals surface area (Å²) in [5.74, 6) is 1.51. The lowest BCUT2D eigenvalue weighted by molar-refractivity contribution is -0.144. The van der Waals surface area contributed by atoms with Gasteiger partial charge in [-0.05, 0) is 24.2 Å². The van der Waals surface area contributed by atoms with Gasteiger partial charge in [0.25, 0.3) is 0 Å². The SMILES string of the molecule is COC(=O)[C@@H](NC1CCCC(C)C1C)C(C)C. The van der Waals surface area contributed by atoms with E-state index in [0.717, 1.165) is 5.92 Å². The molecule has 1 saturated carbocycles. The molecule has 1 rings (SSSR count). The predicted molar refractivity (Wildman–Crippen MR) is 69.7 cm³/mol. The van der Waals surface area contributed by atoms with Gasteiger partial charge in [-0.3, -0.25) is 4.79 Å². The third-order valence-electron chi connectivity index (χ3n) is 4.22. The summed E-state index contributed by atoms with van der Waals surface area (Å²) < 4.78 is 4.88. The van der Waals surface area contributed by atoms with Crippen molar-refractivity contribution in [3.8, 4) is 0 Å². The van der Waals surface area contributed by atoms with Gasteiger partial charge in [-0.15, -0.1) is 0 Å². The molecule has 1 N–H and O–H groups in total. The molecule has 3 nitrogen and oxygen atoms in total. The van der Waals surface area contributed by atoms with Crippen LogP contribution >= 0.6 is 0 Å². The van der Waals surface area contributed by atoms with Crippen LogP contribution in [-0.2, 0) is 9.53 Å². The Bertz CT molecular complexity index is 253. The van der Waals surface area contributed by atoms with Crippen LogP contribution in [0.25, 0.3) is 0 Å². The lowest BCUT2D eigenvalue weighted by Crippen LogP contribution is -2.51. The van der Waals surface area contributed by atoms with Gasteiger partial charge in [-0.2, -0.15) is 0 Å². The monoisotopic (exact) mass is 241 g/mol. The Morgan fingerprint density at radius 2 is 1.94 bits per heavy atom. The van der Waals surface area contributed by atoms with Gasteiger partial charge in [0.15, 0.2) is 0 Å². The molecule has 3 unspecified atom stereocenters. The Hall–Kier alpha value is -0.570. The summed E-state index contributed by atoms with van der Waals surface area (Å²) in [5.41, 5.74) is 0. The highest BCUT2D eigenvalue weighted by atomic mass is 16.5. The molecule has 0 amide bonds. The number of nitrogens with one attached hydrogen (secondary N) is 1. The van der Waals surface area contributed by atoms with Crippen molar-refractivity contribution in [2.24, 2.45) is 17.8 Å². The topological polar surface area (TPSA) is 38.3 Å². The van der Waals surface area contributed by atoms with Crippen molar-refractivity contribution in [1.82, 2.24) is 5.32 Å². The molecule has 0 saturated heterocycles. The lowest BCUT2D eigenvalue weighted by Gasteiger charge is -2.37. The van der Waals surface area contributed by atoms with E-state index in [1.807, 2.05) is 0 Å². The third kappa shape index (κ3) is 3.70. The average molecular weight is 241 g/mol. The van der Waals surface area contributed by atoms with Crippen LogP contribution in [0, 0.1) is 17.8 Å². The van der Waals surface area contributed by atoms with Gasteiger partial charge < -0.3 is 10.1 Å². The van der Waals surface area contributed by atoms with Crippen LogP contribution in [0.5, 0.6) is 0 Å². The number of carbonyl (C=O) groups is 1. The number of rotatable bonds is 4. The van der Waals surface area contributed by atoms with Gasteiger partial charge in [0.2, 0.25) is 0 Å². The van der Waals surface area contributed by atoms with Gasteiger partial charge >= 0.3 is 5.97 Å². The lowest BCUT2D eigenvalue weighted by atomic mass is 9.77. The molecule has 0 aromatic carbocycles. The zero-order chi connectivity index (χ0) is 13.0. The van der Waals surface area contributed by atoms with Gasteiger partial charge in [-0.25, -0.2) is 0 Å². The summed E-state index contributed by atoms with van der Waals surface area (Å²) in [6.45, 7) is 8.72. The van der Waals surface area contributed by atoms with Gasteiger partial charge in [-0.1, -0.05) is 40.5 Å². The van der Waals surface area contributed by atoms with E-state index in [1.54, 1.807) is 0 Å². The van der Waals surface area contributed by atoms with E-state index in [2.05, 4.69) is 33.0 Å². The molecular formula is C14H27NO2. The summed E-state index contributed by atoms with van der Waals surface area (Å²) in [5, 5.41) is 3.51. The average Bonchev–Trinajstić information content (AvgIpc) is 2.29. The molecule has 0 bridgehead atoms. The fourth-order valence-corrected chi connectivity index (χ4v) is 2.71. The van der Waals surface area contributed by atoms with Crippen LogP contribution < -0.4 is 5.32 Å². The van der Waals surface area contributed by atoms with E-state index < -0.39 is 0 Å². The molecule has 0 aliphatic heterocycles. The smallest absolute Gasteiger partial charge is 0.323 e. The molecular weight excluding hydrogens is 214 g/mol. The van der Waals surface area contributed by atoms with Crippen molar-refractivity contribution in [3.63, 3.8) is 0 Å². The highest BCUT2D eigenvalue weighted by Gasteiger charge is 2.32. The van der Waals surface area contributed by atoms with Crippen LogP contribution in [0.15, 0.2) is 0 Å². The largest absolute Gasteiger partial charge is 0.468 e. The zero-order valence-electron chi connectivity index (χ0n) is 11.8. The van der Waals surface area contributed by atoms with Gasteiger partial charge in [0.1, 0.15) is 6.04 Å². The fraction of sp³-hybridized carbons (Fsp3) is 0.929. The van der Waals surface area contributed by atoms with Crippen molar-refractivity contribution < 1.29 is 9.53 Å². The summed E-state index contributed by atoms with van der Waals surface area (Å²) in [4.78, 5) is 11.7. The molecule has 0 radical (unpaired) electrons. The molecule has 0 aromatic rings. The molecule has 1 fully saturated rings. The van der Waals surface area contributed by atoms with E-state index in [9.17, 15) is 4.79 Å². The standard InChI is InChI=1S/C14H27NO2/c1-9(2)13(14(16)17-5)15-12-8-6-7-10(3)11(12)4/h9-13,15H,6-8H2,1-5H3/t10?,11?,12?,13-/m0/s1. The second-order valence-electron chi connectivity index (χ2n) is 5.79. The van der Waals surface area contributed by atoms with Crippen LogP contribution in [0.4, 0.5) is 0 Å². The highest BCUT2D eigenvalue weighted by Crippen LogP contribution is 2.30. The summed E-state index contributed by atoms with van der Waals surface area (Å²) in [7, 11) is 1.46. The number of hydrogen-bond acceptors (Lipinski definition) is 3. The fourth-order valence-electron chi connectivity index (χ4n) is 2.71. The maximum Gasteiger partial charge on any atom is 0.323 e. The maximum atomic E-state index is 11.7. The van der Waals surface area contributed by atoms with Crippen molar-refractivity contribution >= 4 is 5.97 Å². The molecule has 3 heteroatoms. The number of methoxy groups -OCH3 is 1. The van der Waals surface area contributed by atoms with Gasteiger partial charge in [0.05, 0.1) is 7.11 Å². The Kier molecular flexibility index (Phi) is 5.44. The summed E-state index contributed by atoms with van der Waals surface area (Å²) in [6, 6.07) is 0.281. The Labute approximate surface area is 105 Å². The van der Waals surface area contributed by atoms with Crippen LogP contribution in [0.1, 0.15) is 47.0 Å². The zero-order valence-corrected chi connectivity index (χ0v) is 11.8. The minimum Gasteiger partial charge on any atom is -0.468 e. The van der Waals surface area contributed by atoms with Crippen LogP contribution in [0.3, 0.4) is 0 Å². The maximum absolute atomic E-state index is 11.7. The molecule has 17 heavy (non-hydrogen) atoms. The van der Waals surface area contributed by atoms with E-state index in [-0.39, 0.29) is 17.9 Å². The second-order valence-corrected chi connectivity index (χ2v) is 5.79. The molecule has 4 atom stereocenters. The van der Waals surface area contributed by atoms with Crippen molar-refractivity contribution in [2.45, 2.75) is 59.0 Å². The van der Waals surface area contributed by atoms with Crippen molar-refractivity contribution in [3.05, 3.63) is 0 Å². The molecule has 1 aliphatic carbocycles. The molecule has 0 spiro atoms. The van der Waals surface area contributed by atoms with Crippen molar-refractivity contribution in [2.75, 3.05) is 7.11 Å². The second kappa shape index (κ2) is 6.39. The Balaban J connectivity index is 2.63. The minimum absolute atomic E-state index is 0.134. The quantitative estimate of drug-likeness (QED) is 0.769. The normalized spacial score (nSPS) is 31.3. The summed E-state index contributed by atoms with van der Waals surface area (Å²) >= 11 is 0. The highest BCUT2D eigenvalue weighted by molar-refractivity contribution is 5.75. The first kappa shape index (κ1) is 14.5. The Morgan fingerprint density at radius 1 is 1.29 bits per heavy atom. The number of carbonyl (C=O) groups excluding carboxylic acids is 1. The first-order valence-corrected chi connectivity index (χ1v) is 6.81. The third-order valence-corrected chi connectivity index (χ3v) is 4.22. The van der Waals surface area contributed by atoms with Crippen LogP contribution in [-0.4, -0.2) is 25.2 Å².